The van der Waals surface area contributed by atoms with Gasteiger partial charge in [-0.1, -0.05) is 54.6 Å². The van der Waals surface area contributed by atoms with Gasteiger partial charge in [0.05, 0.1) is 11.6 Å². The maximum absolute atomic E-state index is 12.9. The average molecular weight is 367 g/mol. The third-order valence-corrected chi connectivity index (χ3v) is 4.95. The second-order valence-corrected chi connectivity index (χ2v) is 6.71. The van der Waals surface area contributed by atoms with Crippen molar-refractivity contribution in [2.45, 2.75) is 12.8 Å². The fraction of sp³-hybridized carbons (Fsp3) is 0.0909. The lowest BCUT2D eigenvalue weighted by atomic mass is 9.85. The van der Waals surface area contributed by atoms with E-state index in [4.69, 9.17) is 0 Å². The van der Waals surface area contributed by atoms with E-state index in [-0.39, 0.29) is 11.5 Å². The number of aromatic nitrogens is 3. The normalized spacial score (nSPS) is 12.7. The molecule has 1 aliphatic carbocycles. The Morgan fingerprint density at radius 2 is 1.79 bits per heavy atom. The monoisotopic (exact) mass is 367 g/mol. The molecular weight excluding hydrogens is 350 g/mol. The summed E-state index contributed by atoms with van der Waals surface area (Å²) in [5.41, 5.74) is 8.29. The molecule has 0 amide bonds. The molecule has 2 heterocycles. The van der Waals surface area contributed by atoms with Crippen molar-refractivity contribution in [3.05, 3.63) is 87.8 Å². The first-order chi connectivity index (χ1) is 13.8. The van der Waals surface area contributed by atoms with Crippen LogP contribution in [-0.2, 0) is 12.8 Å². The number of pyridine rings is 1. The Bertz CT molecular complexity index is 1260. The van der Waals surface area contributed by atoms with Gasteiger partial charge in [0.25, 0.3) is 5.56 Å². The lowest BCUT2D eigenvalue weighted by Crippen LogP contribution is -2.16. The predicted molar refractivity (Wildman–Crippen MR) is 111 cm³/mol. The minimum atomic E-state index is -0.219. The molecule has 6 heteroatoms. The van der Waals surface area contributed by atoms with E-state index < -0.39 is 0 Å². The summed E-state index contributed by atoms with van der Waals surface area (Å²) in [5.74, 6) is 0.265. The van der Waals surface area contributed by atoms with Crippen molar-refractivity contribution in [2.75, 3.05) is 5.43 Å². The van der Waals surface area contributed by atoms with Crippen LogP contribution in [0.2, 0.25) is 0 Å². The molecule has 6 nitrogen and oxygen atoms in total. The van der Waals surface area contributed by atoms with Crippen LogP contribution in [0.3, 0.4) is 0 Å². The number of H-pyrrole nitrogens is 1. The Morgan fingerprint density at radius 1 is 1.00 bits per heavy atom. The van der Waals surface area contributed by atoms with Crippen molar-refractivity contribution in [2.24, 2.45) is 5.10 Å². The third kappa shape index (κ3) is 2.85. The Balaban J connectivity index is 1.57. The topological polar surface area (TPSA) is 83.0 Å². The van der Waals surface area contributed by atoms with E-state index in [1.807, 2.05) is 48.7 Å². The molecule has 5 rings (SSSR count). The van der Waals surface area contributed by atoms with E-state index in [1.54, 1.807) is 6.21 Å². The number of hydrogen-bond donors (Lipinski definition) is 2. The first-order valence-electron chi connectivity index (χ1n) is 9.14. The van der Waals surface area contributed by atoms with Crippen LogP contribution in [-0.4, -0.2) is 21.2 Å². The maximum atomic E-state index is 12.9. The van der Waals surface area contributed by atoms with Gasteiger partial charge in [0, 0.05) is 11.8 Å². The van der Waals surface area contributed by atoms with Crippen LogP contribution < -0.4 is 11.0 Å². The lowest BCUT2D eigenvalue weighted by molar-refractivity contribution is 0.934. The fourth-order valence-electron chi connectivity index (χ4n) is 3.65. The number of fused-ring (bicyclic) bond motifs is 5. The smallest absolute Gasteiger partial charge is 0.262 e. The van der Waals surface area contributed by atoms with Crippen LogP contribution in [0.1, 0.15) is 16.7 Å². The van der Waals surface area contributed by atoms with Gasteiger partial charge in [-0.3, -0.25) is 9.78 Å². The van der Waals surface area contributed by atoms with Crippen LogP contribution in [0, 0.1) is 0 Å². The molecule has 136 valence electrons. The van der Waals surface area contributed by atoms with Gasteiger partial charge in [0.15, 0.2) is 5.65 Å². The molecule has 0 unspecified atom stereocenters. The fourth-order valence-corrected chi connectivity index (χ4v) is 3.65. The van der Waals surface area contributed by atoms with Gasteiger partial charge in [-0.05, 0) is 35.1 Å². The first-order valence-corrected chi connectivity index (χ1v) is 9.14. The summed E-state index contributed by atoms with van der Waals surface area (Å²) in [6.45, 7) is 0. The molecular formula is C22H17N5O. The van der Waals surface area contributed by atoms with E-state index in [2.05, 4.69) is 37.6 Å². The van der Waals surface area contributed by atoms with Gasteiger partial charge < -0.3 is 0 Å². The van der Waals surface area contributed by atoms with Crippen molar-refractivity contribution in [1.29, 1.82) is 0 Å². The zero-order valence-corrected chi connectivity index (χ0v) is 15.0. The van der Waals surface area contributed by atoms with Crippen molar-refractivity contribution in [3.8, 4) is 11.1 Å². The van der Waals surface area contributed by atoms with E-state index in [9.17, 15) is 4.79 Å². The number of hydrazone groups is 1. The van der Waals surface area contributed by atoms with Gasteiger partial charge in [-0.15, -0.1) is 0 Å². The van der Waals surface area contributed by atoms with Crippen LogP contribution in [0.4, 0.5) is 5.95 Å². The molecule has 0 atom stereocenters. The number of aromatic amines is 1. The van der Waals surface area contributed by atoms with Crippen molar-refractivity contribution in [1.82, 2.24) is 15.0 Å². The summed E-state index contributed by atoms with van der Waals surface area (Å²) in [5, 5.41) is 4.68. The Labute approximate surface area is 161 Å². The minimum absolute atomic E-state index is 0.219. The molecule has 0 bridgehead atoms. The molecule has 28 heavy (non-hydrogen) atoms. The highest BCUT2D eigenvalue weighted by atomic mass is 16.1. The second kappa shape index (κ2) is 6.74. The minimum Gasteiger partial charge on any atom is -0.291 e. The first kappa shape index (κ1) is 16.4. The highest BCUT2D eigenvalue weighted by Crippen LogP contribution is 2.36. The van der Waals surface area contributed by atoms with Gasteiger partial charge in [-0.25, -0.2) is 10.4 Å². The Morgan fingerprint density at radius 3 is 2.68 bits per heavy atom. The molecule has 0 saturated heterocycles. The summed E-state index contributed by atoms with van der Waals surface area (Å²) < 4.78 is 0. The molecule has 2 N–H and O–H groups in total. The summed E-state index contributed by atoms with van der Waals surface area (Å²) >= 11 is 0. The molecule has 2 aromatic heterocycles. The largest absolute Gasteiger partial charge is 0.291 e. The molecule has 2 aromatic carbocycles. The number of benzene rings is 2. The second-order valence-electron chi connectivity index (χ2n) is 6.71. The summed E-state index contributed by atoms with van der Waals surface area (Å²) in [4.78, 5) is 24.6. The van der Waals surface area contributed by atoms with E-state index in [0.717, 1.165) is 35.1 Å². The summed E-state index contributed by atoms with van der Waals surface area (Å²) in [7, 11) is 0. The molecule has 1 aliphatic rings. The maximum Gasteiger partial charge on any atom is 0.262 e. The number of anilines is 1. The van der Waals surface area contributed by atoms with Crippen molar-refractivity contribution < 1.29 is 0 Å². The number of nitrogens with zero attached hydrogens (tertiary/aromatic N) is 3. The molecule has 0 radical (unpaired) electrons. The Kier molecular flexibility index (Phi) is 3.94. The molecule has 4 aromatic rings. The SMILES string of the molecule is O=c1[nH]c(N/N=C/c2ccccc2)nc2ncc3c(c12)-c1ccccc1CC3. The number of hydrogen-bond acceptors (Lipinski definition) is 5. The number of aryl methyl sites for hydroxylation is 2. The zero-order chi connectivity index (χ0) is 18.9. The van der Waals surface area contributed by atoms with Crippen LogP contribution in [0.5, 0.6) is 0 Å². The molecule has 0 aliphatic heterocycles. The number of nitrogens with one attached hydrogen (secondary N) is 2. The van der Waals surface area contributed by atoms with E-state index in [1.165, 1.54) is 5.56 Å². The zero-order valence-electron chi connectivity index (χ0n) is 15.0. The lowest BCUT2D eigenvalue weighted by Gasteiger charge is -2.20. The van der Waals surface area contributed by atoms with E-state index in [0.29, 0.717) is 11.0 Å². The summed E-state index contributed by atoms with van der Waals surface area (Å²) in [6.07, 6.45) is 5.32. The van der Waals surface area contributed by atoms with E-state index >= 15 is 0 Å². The quantitative estimate of drug-likeness (QED) is 0.429. The highest BCUT2D eigenvalue weighted by molar-refractivity contribution is 5.95. The van der Waals surface area contributed by atoms with Crippen LogP contribution >= 0.6 is 0 Å². The van der Waals surface area contributed by atoms with Crippen LogP contribution in [0.15, 0.2) is 70.7 Å². The molecule has 0 fully saturated rings. The van der Waals surface area contributed by atoms with Gasteiger partial charge >= 0.3 is 0 Å². The van der Waals surface area contributed by atoms with Gasteiger partial charge in [-0.2, -0.15) is 10.1 Å². The van der Waals surface area contributed by atoms with Gasteiger partial charge in [0.2, 0.25) is 5.95 Å². The Hall–Kier alpha value is -3.80. The van der Waals surface area contributed by atoms with Crippen molar-refractivity contribution in [3.63, 3.8) is 0 Å². The highest BCUT2D eigenvalue weighted by Gasteiger charge is 2.21. The van der Waals surface area contributed by atoms with Crippen LogP contribution in [0.25, 0.3) is 22.2 Å². The van der Waals surface area contributed by atoms with Crippen molar-refractivity contribution >= 4 is 23.2 Å². The number of rotatable bonds is 3. The average Bonchev–Trinajstić information content (AvgIpc) is 2.74. The third-order valence-electron chi connectivity index (χ3n) is 4.95. The predicted octanol–water partition coefficient (Wildman–Crippen LogP) is 3.53. The molecule has 0 saturated carbocycles. The summed E-state index contributed by atoms with van der Waals surface area (Å²) in [6, 6.07) is 17.9. The molecule has 0 spiro atoms. The van der Waals surface area contributed by atoms with Gasteiger partial charge in [0.1, 0.15) is 0 Å². The standard InChI is InChI=1S/C22H17N5O/c28-21-19-18-16(11-10-15-8-4-5-9-17(15)18)13-23-20(19)25-22(26-21)27-24-12-14-6-2-1-3-7-14/h1-9,12-13H,10-11H2,(H2,23,25,26,27,28)/b24-12+.